The smallest absolute Gasteiger partial charge is 0.222 e. The molecule has 1 amide bonds. The second kappa shape index (κ2) is 6.39. The largest absolute Gasteiger partial charge is 0.342 e. The van der Waals surface area contributed by atoms with Crippen molar-refractivity contribution in [3.8, 4) is 0 Å². The first-order chi connectivity index (χ1) is 8.25. The number of amides is 1. The molecule has 2 aliphatic rings. The quantitative estimate of drug-likeness (QED) is 0.739. The molecular formula is C14H25N2O. The molecule has 3 heteroatoms. The van der Waals surface area contributed by atoms with E-state index in [1.165, 1.54) is 25.7 Å². The SMILES string of the molecule is CC1CCCN(C(=O)CCC2CCC[N]C2)C1. The van der Waals surface area contributed by atoms with E-state index >= 15 is 0 Å². The van der Waals surface area contributed by atoms with E-state index in [0.29, 0.717) is 17.7 Å². The maximum Gasteiger partial charge on any atom is 0.222 e. The van der Waals surface area contributed by atoms with E-state index in [1.54, 1.807) is 0 Å². The van der Waals surface area contributed by atoms with Gasteiger partial charge in [0.2, 0.25) is 5.91 Å². The summed E-state index contributed by atoms with van der Waals surface area (Å²) in [7, 11) is 0. The zero-order valence-electron chi connectivity index (χ0n) is 11.0. The Hall–Kier alpha value is -0.570. The topological polar surface area (TPSA) is 34.4 Å². The van der Waals surface area contributed by atoms with Crippen LogP contribution in [0.5, 0.6) is 0 Å². The molecule has 2 heterocycles. The van der Waals surface area contributed by atoms with E-state index < -0.39 is 0 Å². The minimum Gasteiger partial charge on any atom is -0.342 e. The van der Waals surface area contributed by atoms with Gasteiger partial charge in [0.1, 0.15) is 0 Å². The van der Waals surface area contributed by atoms with E-state index in [2.05, 4.69) is 17.1 Å². The number of piperidine rings is 2. The number of carbonyl (C=O) groups excluding carboxylic acids is 1. The molecule has 0 aromatic heterocycles. The predicted molar refractivity (Wildman–Crippen MR) is 68.8 cm³/mol. The van der Waals surface area contributed by atoms with Crippen molar-refractivity contribution >= 4 is 5.91 Å². The standard InChI is InChI=1S/C14H25N2O/c1-12-4-3-9-16(11-12)14(17)7-6-13-5-2-8-15-10-13/h12-13H,2-11H2,1H3. The lowest BCUT2D eigenvalue weighted by atomic mass is 9.94. The molecule has 97 valence electrons. The van der Waals surface area contributed by atoms with Crippen LogP contribution in [0.2, 0.25) is 0 Å². The Morgan fingerprint density at radius 3 is 2.94 bits per heavy atom. The summed E-state index contributed by atoms with van der Waals surface area (Å²) in [5.41, 5.74) is 0. The van der Waals surface area contributed by atoms with E-state index in [1.807, 2.05) is 0 Å². The van der Waals surface area contributed by atoms with Gasteiger partial charge in [0.05, 0.1) is 0 Å². The number of rotatable bonds is 3. The molecular weight excluding hydrogens is 212 g/mol. The molecule has 0 N–H and O–H groups in total. The second-order valence-corrected chi connectivity index (χ2v) is 5.76. The Labute approximate surface area is 105 Å². The number of hydrogen-bond donors (Lipinski definition) is 0. The predicted octanol–water partition coefficient (Wildman–Crippen LogP) is 2.04. The van der Waals surface area contributed by atoms with Crippen molar-refractivity contribution in [1.82, 2.24) is 10.2 Å². The van der Waals surface area contributed by atoms with Gasteiger partial charge in [-0.05, 0) is 43.9 Å². The lowest BCUT2D eigenvalue weighted by molar-refractivity contribution is -0.133. The van der Waals surface area contributed by atoms with Crippen molar-refractivity contribution in [2.75, 3.05) is 26.2 Å². The number of nitrogens with zero attached hydrogens (tertiary/aromatic N) is 2. The van der Waals surface area contributed by atoms with Crippen molar-refractivity contribution in [2.45, 2.75) is 45.4 Å². The van der Waals surface area contributed by atoms with Gasteiger partial charge in [-0.25, -0.2) is 5.32 Å². The van der Waals surface area contributed by atoms with Crippen LogP contribution in [-0.4, -0.2) is 37.0 Å². The first-order valence-corrected chi connectivity index (χ1v) is 7.16. The summed E-state index contributed by atoms with van der Waals surface area (Å²) < 4.78 is 0. The lowest BCUT2D eigenvalue weighted by Gasteiger charge is -2.31. The Bertz CT molecular complexity index is 249. The monoisotopic (exact) mass is 237 g/mol. The highest BCUT2D eigenvalue weighted by Gasteiger charge is 2.22. The first kappa shape index (κ1) is 12.9. The molecule has 0 aromatic rings. The molecule has 0 bridgehead atoms. The summed E-state index contributed by atoms with van der Waals surface area (Å²) in [5.74, 6) is 1.74. The third-order valence-electron chi connectivity index (χ3n) is 4.09. The zero-order valence-corrected chi connectivity index (χ0v) is 11.0. The van der Waals surface area contributed by atoms with Crippen LogP contribution in [0.1, 0.15) is 45.4 Å². The van der Waals surface area contributed by atoms with Gasteiger partial charge in [-0.2, -0.15) is 0 Å². The number of hydrogen-bond acceptors (Lipinski definition) is 1. The molecule has 2 unspecified atom stereocenters. The van der Waals surface area contributed by atoms with E-state index in [0.717, 1.165) is 39.0 Å². The van der Waals surface area contributed by atoms with Crippen LogP contribution >= 0.6 is 0 Å². The fourth-order valence-electron chi connectivity index (χ4n) is 2.99. The maximum atomic E-state index is 12.1. The lowest BCUT2D eigenvalue weighted by Crippen LogP contribution is -2.39. The average Bonchev–Trinajstić information content (AvgIpc) is 2.37. The van der Waals surface area contributed by atoms with Crippen LogP contribution in [-0.2, 0) is 4.79 Å². The Balaban J connectivity index is 1.69. The number of likely N-dealkylation sites (tertiary alicyclic amines) is 1. The zero-order chi connectivity index (χ0) is 12.1. The molecule has 2 aliphatic heterocycles. The minimum atomic E-state index is 0.377. The molecule has 0 aliphatic carbocycles. The fourth-order valence-corrected chi connectivity index (χ4v) is 2.99. The highest BCUT2D eigenvalue weighted by atomic mass is 16.2. The first-order valence-electron chi connectivity index (χ1n) is 7.16. The van der Waals surface area contributed by atoms with E-state index in [4.69, 9.17) is 0 Å². The van der Waals surface area contributed by atoms with Crippen LogP contribution < -0.4 is 5.32 Å². The highest BCUT2D eigenvalue weighted by Crippen LogP contribution is 2.20. The van der Waals surface area contributed by atoms with Gasteiger partial charge in [0, 0.05) is 32.6 Å². The van der Waals surface area contributed by atoms with Crippen molar-refractivity contribution in [3.05, 3.63) is 0 Å². The van der Waals surface area contributed by atoms with E-state index in [9.17, 15) is 4.79 Å². The highest BCUT2D eigenvalue weighted by molar-refractivity contribution is 5.76. The van der Waals surface area contributed by atoms with Crippen LogP contribution in [0, 0.1) is 11.8 Å². The summed E-state index contributed by atoms with van der Waals surface area (Å²) in [4.78, 5) is 14.2. The van der Waals surface area contributed by atoms with Gasteiger partial charge in [0.15, 0.2) is 0 Å². The maximum absolute atomic E-state index is 12.1. The molecule has 17 heavy (non-hydrogen) atoms. The van der Waals surface area contributed by atoms with Crippen molar-refractivity contribution < 1.29 is 4.79 Å². The average molecular weight is 237 g/mol. The van der Waals surface area contributed by atoms with Crippen LogP contribution in [0.15, 0.2) is 0 Å². The Morgan fingerprint density at radius 1 is 1.35 bits per heavy atom. The Morgan fingerprint density at radius 2 is 2.24 bits per heavy atom. The van der Waals surface area contributed by atoms with Crippen molar-refractivity contribution in [2.24, 2.45) is 11.8 Å². The molecule has 0 saturated carbocycles. The van der Waals surface area contributed by atoms with Gasteiger partial charge in [-0.3, -0.25) is 4.79 Å². The molecule has 2 rings (SSSR count). The molecule has 1 radical (unpaired) electrons. The molecule has 2 saturated heterocycles. The normalized spacial score (nSPS) is 30.3. The van der Waals surface area contributed by atoms with Gasteiger partial charge >= 0.3 is 0 Å². The summed E-state index contributed by atoms with van der Waals surface area (Å²) in [6.45, 7) is 6.24. The Kier molecular flexibility index (Phi) is 4.84. The number of carbonyl (C=O) groups is 1. The van der Waals surface area contributed by atoms with Crippen molar-refractivity contribution in [1.29, 1.82) is 0 Å². The molecule has 2 atom stereocenters. The van der Waals surface area contributed by atoms with Crippen LogP contribution in [0.25, 0.3) is 0 Å². The molecule has 0 aromatic carbocycles. The van der Waals surface area contributed by atoms with E-state index in [-0.39, 0.29) is 0 Å². The summed E-state index contributed by atoms with van der Waals surface area (Å²) in [6.07, 6.45) is 6.75. The van der Waals surface area contributed by atoms with Crippen LogP contribution in [0.4, 0.5) is 0 Å². The molecule has 2 fully saturated rings. The minimum absolute atomic E-state index is 0.377. The van der Waals surface area contributed by atoms with Gasteiger partial charge in [0.25, 0.3) is 0 Å². The summed E-state index contributed by atoms with van der Waals surface area (Å²) in [6, 6.07) is 0. The van der Waals surface area contributed by atoms with Gasteiger partial charge in [-0.15, -0.1) is 0 Å². The third kappa shape index (κ3) is 3.98. The van der Waals surface area contributed by atoms with Crippen LogP contribution in [0.3, 0.4) is 0 Å². The third-order valence-corrected chi connectivity index (χ3v) is 4.09. The molecule has 0 spiro atoms. The molecule has 3 nitrogen and oxygen atoms in total. The second-order valence-electron chi connectivity index (χ2n) is 5.76. The van der Waals surface area contributed by atoms with Crippen molar-refractivity contribution in [3.63, 3.8) is 0 Å². The van der Waals surface area contributed by atoms with Gasteiger partial charge < -0.3 is 4.90 Å². The fraction of sp³-hybridized carbons (Fsp3) is 0.929. The summed E-state index contributed by atoms with van der Waals surface area (Å²) in [5, 5.41) is 4.44. The van der Waals surface area contributed by atoms with Gasteiger partial charge in [-0.1, -0.05) is 6.92 Å². The summed E-state index contributed by atoms with van der Waals surface area (Å²) >= 11 is 0.